The van der Waals surface area contributed by atoms with Crippen LogP contribution < -0.4 is 15.8 Å². The Balaban J connectivity index is 2.38. The fourth-order valence-electron chi connectivity index (χ4n) is 1.54. The highest BCUT2D eigenvalue weighted by atomic mass is 35.5. The third kappa shape index (κ3) is 2.49. The lowest BCUT2D eigenvalue weighted by molar-refractivity contribution is 0.387. The summed E-state index contributed by atoms with van der Waals surface area (Å²) in [6.07, 6.45) is 0. The first-order valence-electron chi connectivity index (χ1n) is 5.26. The third-order valence-electron chi connectivity index (χ3n) is 2.47. The Bertz CT molecular complexity index is 575. The maximum atomic E-state index is 13.4. The van der Waals surface area contributed by atoms with Crippen LogP contribution in [0.15, 0.2) is 36.4 Å². The van der Waals surface area contributed by atoms with Gasteiger partial charge in [-0.05, 0) is 12.1 Å². The third-order valence-corrected chi connectivity index (χ3v) is 2.80. The van der Waals surface area contributed by atoms with Crippen molar-refractivity contribution in [2.24, 2.45) is 0 Å². The Kier molecular flexibility index (Phi) is 3.58. The van der Waals surface area contributed by atoms with Gasteiger partial charge in [-0.15, -0.1) is 0 Å². The molecule has 94 valence electrons. The van der Waals surface area contributed by atoms with Crippen molar-refractivity contribution in [3.05, 3.63) is 47.2 Å². The van der Waals surface area contributed by atoms with Crippen LogP contribution in [0.2, 0.25) is 5.02 Å². The molecule has 0 heterocycles. The molecule has 0 aliphatic rings. The van der Waals surface area contributed by atoms with Crippen molar-refractivity contribution in [2.75, 3.05) is 18.2 Å². The molecule has 3 N–H and O–H groups in total. The van der Waals surface area contributed by atoms with Crippen LogP contribution in [0.4, 0.5) is 21.5 Å². The van der Waals surface area contributed by atoms with Gasteiger partial charge in [-0.25, -0.2) is 4.39 Å². The number of nitrogens with two attached hydrogens (primary N) is 1. The zero-order valence-corrected chi connectivity index (χ0v) is 10.5. The second-order valence-electron chi connectivity index (χ2n) is 3.68. The molecule has 2 aromatic rings. The van der Waals surface area contributed by atoms with Crippen LogP contribution in [-0.2, 0) is 0 Å². The van der Waals surface area contributed by atoms with Crippen molar-refractivity contribution in [3.8, 4) is 5.75 Å². The van der Waals surface area contributed by atoms with Crippen LogP contribution in [0.1, 0.15) is 0 Å². The van der Waals surface area contributed by atoms with Crippen LogP contribution in [0.25, 0.3) is 0 Å². The molecule has 5 heteroatoms. The first kappa shape index (κ1) is 12.5. The molecule has 0 fully saturated rings. The van der Waals surface area contributed by atoms with Gasteiger partial charge in [-0.2, -0.15) is 0 Å². The fourth-order valence-corrected chi connectivity index (χ4v) is 1.72. The summed E-state index contributed by atoms with van der Waals surface area (Å²) in [7, 11) is 1.40. The second-order valence-corrected chi connectivity index (χ2v) is 4.09. The van der Waals surface area contributed by atoms with Gasteiger partial charge in [-0.1, -0.05) is 23.7 Å². The molecule has 3 nitrogen and oxygen atoms in total. The van der Waals surface area contributed by atoms with E-state index >= 15 is 0 Å². The number of rotatable bonds is 3. The molecule has 18 heavy (non-hydrogen) atoms. The number of para-hydroxylation sites is 1. The van der Waals surface area contributed by atoms with E-state index in [0.717, 1.165) is 0 Å². The molecule has 0 saturated heterocycles. The van der Waals surface area contributed by atoms with E-state index in [1.807, 2.05) is 12.1 Å². The number of hydrogen-bond acceptors (Lipinski definition) is 3. The fraction of sp³-hybridized carbons (Fsp3) is 0.0769. The standard InChI is InChI=1S/C13H12ClFN2O/c1-18-13-7-12(10(16)6-9(13)15)17-11-5-3-2-4-8(11)14/h2-7,17H,16H2,1H3. The second kappa shape index (κ2) is 5.14. The Morgan fingerprint density at radius 1 is 1.22 bits per heavy atom. The lowest BCUT2D eigenvalue weighted by atomic mass is 10.2. The molecule has 0 amide bonds. The van der Waals surface area contributed by atoms with E-state index in [2.05, 4.69) is 5.32 Å². The Labute approximate surface area is 109 Å². The van der Waals surface area contributed by atoms with Gasteiger partial charge in [-0.3, -0.25) is 0 Å². The summed E-state index contributed by atoms with van der Waals surface area (Å²) in [6.45, 7) is 0. The SMILES string of the molecule is COc1cc(Nc2ccccc2Cl)c(N)cc1F. The van der Waals surface area contributed by atoms with Crippen LogP contribution in [0.3, 0.4) is 0 Å². The molecule has 0 atom stereocenters. The summed E-state index contributed by atoms with van der Waals surface area (Å²) in [5.74, 6) is -0.376. The van der Waals surface area contributed by atoms with Crippen molar-refractivity contribution in [1.29, 1.82) is 0 Å². The Hall–Kier alpha value is -1.94. The predicted octanol–water partition coefficient (Wildman–Crippen LogP) is 3.81. The van der Waals surface area contributed by atoms with Crippen LogP contribution in [0, 0.1) is 5.82 Å². The summed E-state index contributed by atoms with van der Waals surface area (Å²) >= 11 is 6.02. The van der Waals surface area contributed by atoms with E-state index in [1.165, 1.54) is 19.2 Å². The number of hydrogen-bond donors (Lipinski definition) is 2. The molecule has 0 aliphatic heterocycles. The van der Waals surface area contributed by atoms with Crippen LogP contribution >= 0.6 is 11.6 Å². The largest absolute Gasteiger partial charge is 0.494 e. The lowest BCUT2D eigenvalue weighted by Crippen LogP contribution is -1.99. The molecule has 0 radical (unpaired) electrons. The zero-order chi connectivity index (χ0) is 13.1. The van der Waals surface area contributed by atoms with Gasteiger partial charge in [0, 0.05) is 12.1 Å². The van der Waals surface area contributed by atoms with Crippen LogP contribution in [0.5, 0.6) is 5.75 Å². The van der Waals surface area contributed by atoms with Gasteiger partial charge in [0.05, 0.1) is 29.2 Å². The minimum absolute atomic E-state index is 0.124. The molecule has 0 unspecified atom stereocenters. The smallest absolute Gasteiger partial charge is 0.167 e. The maximum Gasteiger partial charge on any atom is 0.167 e. The predicted molar refractivity (Wildman–Crippen MR) is 72.1 cm³/mol. The van der Waals surface area contributed by atoms with E-state index in [1.54, 1.807) is 12.1 Å². The minimum atomic E-state index is -0.500. The number of benzene rings is 2. The van der Waals surface area contributed by atoms with Gasteiger partial charge in [0.2, 0.25) is 0 Å². The summed E-state index contributed by atoms with van der Waals surface area (Å²) < 4.78 is 18.3. The van der Waals surface area contributed by atoms with Crippen molar-refractivity contribution in [2.45, 2.75) is 0 Å². The van der Waals surface area contributed by atoms with Crippen molar-refractivity contribution < 1.29 is 9.13 Å². The summed E-state index contributed by atoms with van der Waals surface area (Å²) in [6, 6.07) is 9.91. The van der Waals surface area contributed by atoms with E-state index in [9.17, 15) is 4.39 Å². The van der Waals surface area contributed by atoms with E-state index < -0.39 is 5.82 Å². The van der Waals surface area contributed by atoms with Crippen molar-refractivity contribution >= 4 is 28.7 Å². The van der Waals surface area contributed by atoms with Gasteiger partial charge in [0.1, 0.15) is 0 Å². The number of nitrogens with one attached hydrogen (secondary N) is 1. The van der Waals surface area contributed by atoms with Gasteiger partial charge in [0.25, 0.3) is 0 Å². The number of halogens is 2. The molecule has 0 bridgehead atoms. The highest BCUT2D eigenvalue weighted by Gasteiger charge is 2.09. The average Bonchev–Trinajstić information content (AvgIpc) is 2.35. The molecule has 0 aromatic heterocycles. The van der Waals surface area contributed by atoms with Gasteiger partial charge < -0.3 is 15.8 Å². The van der Waals surface area contributed by atoms with E-state index in [-0.39, 0.29) is 11.4 Å². The van der Waals surface area contributed by atoms with Crippen molar-refractivity contribution in [1.82, 2.24) is 0 Å². The first-order valence-corrected chi connectivity index (χ1v) is 5.64. The van der Waals surface area contributed by atoms with Gasteiger partial charge in [0.15, 0.2) is 11.6 Å². The minimum Gasteiger partial charge on any atom is -0.494 e. The maximum absolute atomic E-state index is 13.4. The zero-order valence-electron chi connectivity index (χ0n) is 9.71. The average molecular weight is 267 g/mol. The normalized spacial score (nSPS) is 10.2. The summed E-state index contributed by atoms with van der Waals surface area (Å²) in [5.41, 5.74) is 7.26. The molecule has 0 aliphatic carbocycles. The Morgan fingerprint density at radius 3 is 2.61 bits per heavy atom. The summed E-state index contributed by atoms with van der Waals surface area (Å²) in [4.78, 5) is 0. The molecule has 2 rings (SSSR count). The topological polar surface area (TPSA) is 47.3 Å². The monoisotopic (exact) mass is 266 g/mol. The highest BCUT2D eigenvalue weighted by molar-refractivity contribution is 6.33. The molecule has 0 saturated carbocycles. The summed E-state index contributed by atoms with van der Waals surface area (Å²) in [5, 5.41) is 3.59. The van der Waals surface area contributed by atoms with E-state index in [4.69, 9.17) is 22.1 Å². The molecular weight excluding hydrogens is 255 g/mol. The molecule has 2 aromatic carbocycles. The molecular formula is C13H12ClFN2O. The quantitative estimate of drug-likeness (QED) is 0.831. The van der Waals surface area contributed by atoms with Crippen molar-refractivity contribution in [3.63, 3.8) is 0 Å². The number of nitrogen functional groups attached to an aromatic ring is 1. The van der Waals surface area contributed by atoms with Gasteiger partial charge >= 0.3 is 0 Å². The van der Waals surface area contributed by atoms with E-state index in [0.29, 0.717) is 16.4 Å². The lowest BCUT2D eigenvalue weighted by Gasteiger charge is -2.12. The number of anilines is 3. The Morgan fingerprint density at radius 2 is 1.94 bits per heavy atom. The highest BCUT2D eigenvalue weighted by Crippen LogP contribution is 2.32. The molecule has 0 spiro atoms. The first-order chi connectivity index (χ1) is 8.61. The number of ether oxygens (including phenoxy) is 1. The van der Waals surface area contributed by atoms with Crippen LogP contribution in [-0.4, -0.2) is 7.11 Å². The number of methoxy groups -OCH3 is 1.